The summed E-state index contributed by atoms with van der Waals surface area (Å²) in [4.78, 5) is 26.8. The van der Waals surface area contributed by atoms with Crippen molar-refractivity contribution in [1.29, 1.82) is 0 Å². The highest BCUT2D eigenvalue weighted by atomic mass is 35.5. The van der Waals surface area contributed by atoms with Gasteiger partial charge < -0.3 is 14.4 Å². The highest BCUT2D eigenvalue weighted by Gasteiger charge is 2.32. The number of carbonyl (C=O) groups excluding carboxylic acids is 2. The van der Waals surface area contributed by atoms with Gasteiger partial charge in [0.2, 0.25) is 11.9 Å². The average Bonchev–Trinajstić information content (AvgIpc) is 3.55. The molecule has 0 spiro atoms. The van der Waals surface area contributed by atoms with E-state index in [1.807, 2.05) is 0 Å². The van der Waals surface area contributed by atoms with Crippen LogP contribution in [0.25, 0.3) is 0 Å². The number of anilines is 1. The van der Waals surface area contributed by atoms with Crippen molar-refractivity contribution in [2.24, 2.45) is 0 Å². The van der Waals surface area contributed by atoms with Gasteiger partial charge in [0.25, 0.3) is 5.91 Å². The minimum absolute atomic E-state index is 0.0843. The number of morpholine rings is 1. The quantitative estimate of drug-likeness (QED) is 0.468. The normalized spacial score (nSPS) is 16.1. The molecule has 10 nitrogen and oxygen atoms in total. The maximum Gasteiger partial charge on any atom is 0.273 e. The molecule has 2 N–H and O–H groups in total. The second-order valence-electron chi connectivity index (χ2n) is 7.12. The fourth-order valence-corrected chi connectivity index (χ4v) is 4.19. The first-order valence-electron chi connectivity index (χ1n) is 9.90. The topological polar surface area (TPSA) is 111 Å². The molecule has 0 bridgehead atoms. The van der Waals surface area contributed by atoms with Crippen LogP contribution in [0.4, 0.5) is 5.95 Å². The Kier molecular flexibility index (Phi) is 6.83. The van der Waals surface area contributed by atoms with Crippen LogP contribution in [-0.2, 0) is 9.53 Å². The van der Waals surface area contributed by atoms with Gasteiger partial charge in [-0.25, -0.2) is 0 Å². The number of methoxy groups -OCH3 is 1. The first-order chi connectivity index (χ1) is 15.1. The van der Waals surface area contributed by atoms with Gasteiger partial charge in [-0.2, -0.15) is 0 Å². The summed E-state index contributed by atoms with van der Waals surface area (Å²) >= 11 is 7.24. The molecule has 1 saturated heterocycles. The number of amides is 2. The van der Waals surface area contributed by atoms with Crippen LogP contribution >= 0.6 is 23.4 Å². The number of nitrogens with zero attached hydrogens (tertiary/aromatic N) is 4. The Morgan fingerprint density at radius 2 is 2.03 bits per heavy atom. The molecule has 2 fully saturated rings. The van der Waals surface area contributed by atoms with Gasteiger partial charge in [0.15, 0.2) is 5.16 Å². The van der Waals surface area contributed by atoms with E-state index in [1.165, 1.54) is 24.9 Å². The number of carbonyl (C=O) groups is 2. The molecule has 4 rings (SSSR count). The third kappa shape index (κ3) is 5.23. The molecular formula is C19H23ClN6O4S. The smallest absolute Gasteiger partial charge is 0.273 e. The van der Waals surface area contributed by atoms with E-state index in [2.05, 4.69) is 30.5 Å². The average molecular weight is 467 g/mol. The van der Waals surface area contributed by atoms with Crippen LogP contribution in [0.15, 0.2) is 23.4 Å². The largest absolute Gasteiger partial charge is 0.496 e. The lowest BCUT2D eigenvalue weighted by atomic mass is 10.2. The number of benzene rings is 1. The molecule has 1 saturated carbocycles. The van der Waals surface area contributed by atoms with E-state index in [-0.39, 0.29) is 17.2 Å². The maximum atomic E-state index is 12.4. The summed E-state index contributed by atoms with van der Waals surface area (Å²) in [7, 11) is 1.45. The minimum Gasteiger partial charge on any atom is -0.496 e. The van der Waals surface area contributed by atoms with Crippen LogP contribution in [0.1, 0.15) is 29.2 Å². The molecule has 31 heavy (non-hydrogen) atoms. The summed E-state index contributed by atoms with van der Waals surface area (Å²) < 4.78 is 12.7. The van der Waals surface area contributed by atoms with Gasteiger partial charge >= 0.3 is 0 Å². The Hall–Kier alpha value is -2.50. The summed E-state index contributed by atoms with van der Waals surface area (Å²) in [6, 6.07) is 5.05. The van der Waals surface area contributed by atoms with Crippen molar-refractivity contribution < 1.29 is 19.1 Å². The number of hydrazine groups is 1. The van der Waals surface area contributed by atoms with Crippen molar-refractivity contribution in [2.45, 2.75) is 24.0 Å². The molecule has 2 aromatic rings. The fraction of sp³-hybridized carbons (Fsp3) is 0.474. The number of aromatic nitrogens is 3. The monoisotopic (exact) mass is 466 g/mol. The molecule has 0 atom stereocenters. The number of nitrogens with one attached hydrogen (secondary N) is 2. The van der Waals surface area contributed by atoms with Crippen LogP contribution in [-0.4, -0.2) is 65.7 Å². The zero-order valence-corrected chi connectivity index (χ0v) is 18.5. The molecule has 2 aliphatic rings. The number of thioether (sulfide) groups is 1. The minimum atomic E-state index is -0.520. The predicted octanol–water partition coefficient (Wildman–Crippen LogP) is 1.66. The van der Waals surface area contributed by atoms with Gasteiger partial charge in [-0.15, -0.1) is 10.2 Å². The Morgan fingerprint density at radius 3 is 2.74 bits per heavy atom. The molecule has 166 valence electrons. The molecule has 1 aliphatic heterocycles. The first kappa shape index (κ1) is 21.7. The number of hydrogen-bond acceptors (Lipinski definition) is 8. The molecule has 1 aliphatic carbocycles. The SMILES string of the molecule is COc1ccc(Cl)cc1C(=O)NNC(=O)CSc1nnc(N2CCOCC2)n1C1CC1. The van der Waals surface area contributed by atoms with Crippen LogP contribution < -0.4 is 20.5 Å². The van der Waals surface area contributed by atoms with Gasteiger partial charge in [-0.05, 0) is 31.0 Å². The highest BCUT2D eigenvalue weighted by molar-refractivity contribution is 7.99. The van der Waals surface area contributed by atoms with E-state index in [0.29, 0.717) is 35.2 Å². The van der Waals surface area contributed by atoms with Crippen LogP contribution in [0, 0.1) is 0 Å². The van der Waals surface area contributed by atoms with E-state index in [1.54, 1.807) is 12.1 Å². The summed E-state index contributed by atoms with van der Waals surface area (Å²) in [5, 5.41) is 9.74. The number of ether oxygens (including phenoxy) is 2. The molecule has 2 heterocycles. The first-order valence-corrected chi connectivity index (χ1v) is 11.3. The van der Waals surface area contributed by atoms with E-state index < -0.39 is 5.91 Å². The highest BCUT2D eigenvalue weighted by Crippen LogP contribution is 2.41. The Labute approximate surface area is 188 Å². The Morgan fingerprint density at radius 1 is 1.26 bits per heavy atom. The lowest BCUT2D eigenvalue weighted by Gasteiger charge is -2.27. The molecule has 2 amide bonds. The van der Waals surface area contributed by atoms with Crippen molar-refractivity contribution in [3.63, 3.8) is 0 Å². The fourth-order valence-electron chi connectivity index (χ4n) is 3.22. The van der Waals surface area contributed by atoms with Crippen molar-refractivity contribution in [2.75, 3.05) is 44.1 Å². The lowest BCUT2D eigenvalue weighted by molar-refractivity contribution is -0.119. The van der Waals surface area contributed by atoms with Crippen LogP contribution in [0.3, 0.4) is 0 Å². The molecule has 1 aromatic heterocycles. The zero-order valence-electron chi connectivity index (χ0n) is 17.0. The van der Waals surface area contributed by atoms with Crippen molar-refractivity contribution >= 4 is 41.1 Å². The van der Waals surface area contributed by atoms with Gasteiger partial charge in [0.05, 0.1) is 31.6 Å². The molecule has 1 aromatic carbocycles. The standard InChI is InChI=1S/C19H23ClN6O4S/c1-29-15-5-2-12(20)10-14(15)17(28)22-21-16(27)11-31-19-24-23-18(26(19)13-3-4-13)25-6-8-30-9-7-25/h2,5,10,13H,3-4,6-9,11H2,1H3,(H,21,27)(H,22,28). The summed E-state index contributed by atoms with van der Waals surface area (Å²) in [5.74, 6) is 0.390. The van der Waals surface area contributed by atoms with Crippen LogP contribution in [0.2, 0.25) is 5.02 Å². The van der Waals surface area contributed by atoms with E-state index in [9.17, 15) is 9.59 Å². The molecule has 0 unspecified atom stereocenters. The molecule has 12 heteroatoms. The second kappa shape index (κ2) is 9.75. The third-order valence-corrected chi connectivity index (χ3v) is 6.08. The second-order valence-corrected chi connectivity index (χ2v) is 8.50. The summed E-state index contributed by atoms with van der Waals surface area (Å²) in [6.45, 7) is 2.88. The predicted molar refractivity (Wildman–Crippen MR) is 116 cm³/mol. The summed E-state index contributed by atoms with van der Waals surface area (Å²) in [6.07, 6.45) is 2.15. The summed E-state index contributed by atoms with van der Waals surface area (Å²) in [5.41, 5.74) is 5.03. The lowest BCUT2D eigenvalue weighted by Crippen LogP contribution is -2.42. The van der Waals surface area contributed by atoms with Gasteiger partial charge in [0.1, 0.15) is 5.75 Å². The number of rotatable bonds is 7. The van der Waals surface area contributed by atoms with Gasteiger partial charge in [-0.3, -0.25) is 25.0 Å². The molecule has 0 radical (unpaired) electrons. The van der Waals surface area contributed by atoms with E-state index in [0.717, 1.165) is 31.9 Å². The third-order valence-electron chi connectivity index (χ3n) is 4.91. The van der Waals surface area contributed by atoms with Gasteiger partial charge in [0, 0.05) is 24.2 Å². The van der Waals surface area contributed by atoms with Crippen LogP contribution in [0.5, 0.6) is 5.75 Å². The molecular weight excluding hydrogens is 444 g/mol. The number of hydrogen-bond donors (Lipinski definition) is 2. The van der Waals surface area contributed by atoms with Crippen molar-refractivity contribution in [3.05, 3.63) is 28.8 Å². The Bertz CT molecular complexity index is 961. The maximum absolute atomic E-state index is 12.4. The zero-order chi connectivity index (χ0) is 21.8. The van der Waals surface area contributed by atoms with Gasteiger partial charge in [-0.1, -0.05) is 23.4 Å². The number of halogens is 1. The Balaban J connectivity index is 1.34. The van der Waals surface area contributed by atoms with E-state index in [4.69, 9.17) is 21.1 Å². The van der Waals surface area contributed by atoms with Crippen molar-refractivity contribution in [3.8, 4) is 5.75 Å². The van der Waals surface area contributed by atoms with Crippen molar-refractivity contribution in [1.82, 2.24) is 25.6 Å². The van der Waals surface area contributed by atoms with E-state index >= 15 is 0 Å².